The second-order valence-electron chi connectivity index (χ2n) is 4.47. The Balaban J connectivity index is 2.27. The van der Waals surface area contributed by atoms with Gasteiger partial charge in [-0.05, 0) is 37.3 Å². The van der Waals surface area contributed by atoms with Crippen molar-refractivity contribution < 1.29 is 14.7 Å². The Morgan fingerprint density at radius 1 is 1.41 bits per heavy atom. The van der Waals surface area contributed by atoms with Crippen LogP contribution in [0.2, 0.25) is 0 Å². The Morgan fingerprint density at radius 3 is 2.77 bits per heavy atom. The fourth-order valence-corrected chi connectivity index (χ4v) is 2.20. The minimum atomic E-state index is -0.993. The highest BCUT2D eigenvalue weighted by Gasteiger charge is 2.16. The fourth-order valence-electron chi connectivity index (χ4n) is 2.02. The molecule has 0 radical (unpaired) electrons. The number of H-pyrrole nitrogens is 1. The molecule has 22 heavy (non-hydrogen) atoms. The van der Waals surface area contributed by atoms with Crippen molar-refractivity contribution >= 4 is 29.8 Å². The van der Waals surface area contributed by atoms with Gasteiger partial charge in [0.25, 0.3) is 0 Å². The van der Waals surface area contributed by atoms with E-state index < -0.39 is 5.97 Å². The van der Waals surface area contributed by atoms with Crippen LogP contribution in [0.25, 0.3) is 5.69 Å². The summed E-state index contributed by atoms with van der Waals surface area (Å²) in [5.74, 6) is -1.23. The molecule has 0 fully saturated rings. The number of aliphatic carboxylic acids is 1. The summed E-state index contributed by atoms with van der Waals surface area (Å²) in [5, 5.41) is 18.6. The number of tetrazole rings is 1. The van der Waals surface area contributed by atoms with Crippen molar-refractivity contribution in [3.8, 4) is 5.69 Å². The van der Waals surface area contributed by atoms with Crippen LogP contribution < -0.4 is 4.90 Å². The van der Waals surface area contributed by atoms with E-state index in [1.165, 1.54) is 9.58 Å². The van der Waals surface area contributed by atoms with Gasteiger partial charge < -0.3 is 10.0 Å². The van der Waals surface area contributed by atoms with Crippen LogP contribution >= 0.6 is 12.2 Å². The number of hydrogen-bond acceptors (Lipinski definition) is 5. The summed E-state index contributed by atoms with van der Waals surface area (Å²) in [4.78, 5) is 24.3. The molecule has 1 heterocycles. The molecule has 1 aromatic carbocycles. The van der Waals surface area contributed by atoms with Crippen LogP contribution in [0.5, 0.6) is 0 Å². The molecule has 0 bridgehead atoms. The molecule has 8 nitrogen and oxygen atoms in total. The number of anilines is 1. The van der Waals surface area contributed by atoms with E-state index >= 15 is 0 Å². The van der Waals surface area contributed by atoms with Gasteiger partial charge in [0.1, 0.15) is 0 Å². The molecule has 0 aliphatic rings. The number of amides is 1. The van der Waals surface area contributed by atoms with Crippen molar-refractivity contribution in [3.63, 3.8) is 0 Å². The Hall–Kier alpha value is -2.55. The maximum atomic E-state index is 12.1. The summed E-state index contributed by atoms with van der Waals surface area (Å²) >= 11 is 5.04. The molecule has 0 aliphatic carbocycles. The summed E-state index contributed by atoms with van der Waals surface area (Å²) in [7, 11) is 0. The Kier molecular flexibility index (Phi) is 4.99. The lowest BCUT2D eigenvalue weighted by atomic mass is 10.2. The molecular formula is C13H15N5O3S. The predicted octanol–water partition coefficient (Wildman–Crippen LogP) is 1.54. The topological polar surface area (TPSA) is 104 Å². The van der Waals surface area contributed by atoms with Crippen molar-refractivity contribution in [1.82, 2.24) is 20.2 Å². The molecule has 0 spiro atoms. The number of carbonyl (C=O) groups excluding carboxylic acids is 1. The second kappa shape index (κ2) is 6.94. The predicted molar refractivity (Wildman–Crippen MR) is 81.4 cm³/mol. The van der Waals surface area contributed by atoms with Gasteiger partial charge in [-0.2, -0.15) is 5.21 Å². The van der Waals surface area contributed by atoms with E-state index in [4.69, 9.17) is 17.3 Å². The largest absolute Gasteiger partial charge is 0.481 e. The highest BCUT2D eigenvalue weighted by Crippen LogP contribution is 2.19. The standard InChI is InChI=1S/C13H15N5O3S/c1-2-17(11(19)6-7-12(20)21)9-4-3-5-10(8-9)18-13(22)14-15-16-18/h3-5,8H,2,6-7H2,1H3,(H,20,21)(H,14,16,22). The number of carbonyl (C=O) groups is 2. The number of aromatic amines is 1. The summed E-state index contributed by atoms with van der Waals surface area (Å²) in [6.07, 6.45) is -0.233. The van der Waals surface area contributed by atoms with Gasteiger partial charge in [-0.15, -0.1) is 0 Å². The fraction of sp³-hybridized carbons (Fsp3) is 0.308. The lowest BCUT2D eigenvalue weighted by molar-refractivity contribution is -0.138. The molecule has 0 aliphatic heterocycles. The molecule has 116 valence electrons. The van der Waals surface area contributed by atoms with Crippen LogP contribution in [0.1, 0.15) is 19.8 Å². The van der Waals surface area contributed by atoms with E-state index in [1.54, 1.807) is 24.3 Å². The molecule has 1 amide bonds. The molecule has 0 saturated heterocycles. The number of nitrogens with one attached hydrogen (secondary N) is 1. The van der Waals surface area contributed by atoms with E-state index in [-0.39, 0.29) is 23.5 Å². The number of carboxylic acid groups (broad SMARTS) is 1. The van der Waals surface area contributed by atoms with E-state index in [2.05, 4.69) is 15.5 Å². The molecule has 0 saturated carbocycles. The Bertz CT molecular complexity index is 739. The number of benzene rings is 1. The highest BCUT2D eigenvalue weighted by atomic mass is 32.1. The van der Waals surface area contributed by atoms with Gasteiger partial charge in [-0.25, -0.2) is 4.68 Å². The summed E-state index contributed by atoms with van der Waals surface area (Å²) in [6.45, 7) is 2.27. The lowest BCUT2D eigenvalue weighted by Gasteiger charge is -2.21. The van der Waals surface area contributed by atoms with Crippen molar-refractivity contribution in [2.75, 3.05) is 11.4 Å². The van der Waals surface area contributed by atoms with Crippen LogP contribution in [0.15, 0.2) is 24.3 Å². The van der Waals surface area contributed by atoms with E-state index in [1.807, 2.05) is 6.92 Å². The van der Waals surface area contributed by atoms with Crippen LogP contribution in [0.3, 0.4) is 0 Å². The van der Waals surface area contributed by atoms with E-state index in [9.17, 15) is 9.59 Å². The van der Waals surface area contributed by atoms with Gasteiger partial charge in [0.15, 0.2) is 0 Å². The minimum absolute atomic E-state index is 0.0432. The molecule has 0 atom stereocenters. The smallest absolute Gasteiger partial charge is 0.303 e. The first-order valence-electron chi connectivity index (χ1n) is 6.65. The first-order valence-corrected chi connectivity index (χ1v) is 7.06. The first kappa shape index (κ1) is 15.8. The van der Waals surface area contributed by atoms with Gasteiger partial charge in [0.2, 0.25) is 10.7 Å². The average molecular weight is 321 g/mol. The van der Waals surface area contributed by atoms with Gasteiger partial charge in [-0.3, -0.25) is 9.59 Å². The molecule has 1 aromatic heterocycles. The van der Waals surface area contributed by atoms with Crippen LogP contribution in [-0.4, -0.2) is 43.7 Å². The van der Waals surface area contributed by atoms with E-state index in [0.29, 0.717) is 17.9 Å². The van der Waals surface area contributed by atoms with Crippen molar-refractivity contribution in [3.05, 3.63) is 29.0 Å². The summed E-state index contributed by atoms with van der Waals surface area (Å²) in [6, 6.07) is 7.12. The zero-order valence-electron chi connectivity index (χ0n) is 11.9. The average Bonchev–Trinajstić information content (AvgIpc) is 2.92. The first-order chi connectivity index (χ1) is 10.5. The van der Waals surface area contributed by atoms with Crippen molar-refractivity contribution in [2.45, 2.75) is 19.8 Å². The number of carboxylic acids is 1. The highest BCUT2D eigenvalue weighted by molar-refractivity contribution is 7.71. The maximum absolute atomic E-state index is 12.1. The Labute approximate surface area is 131 Å². The molecule has 2 N–H and O–H groups in total. The van der Waals surface area contributed by atoms with Crippen molar-refractivity contribution in [2.24, 2.45) is 0 Å². The molecular weight excluding hydrogens is 306 g/mol. The minimum Gasteiger partial charge on any atom is -0.481 e. The number of aromatic nitrogens is 4. The second-order valence-corrected chi connectivity index (χ2v) is 4.83. The SMILES string of the molecule is CCN(C(=O)CCC(=O)O)c1cccc(-n2[nH]nnc2=S)c1. The normalized spacial score (nSPS) is 10.4. The van der Waals surface area contributed by atoms with Gasteiger partial charge in [0, 0.05) is 18.7 Å². The third kappa shape index (κ3) is 3.55. The zero-order valence-corrected chi connectivity index (χ0v) is 12.7. The quantitative estimate of drug-likeness (QED) is 0.782. The zero-order chi connectivity index (χ0) is 16.1. The third-order valence-electron chi connectivity index (χ3n) is 3.04. The maximum Gasteiger partial charge on any atom is 0.303 e. The van der Waals surface area contributed by atoms with E-state index in [0.717, 1.165) is 0 Å². The third-order valence-corrected chi connectivity index (χ3v) is 3.31. The summed E-state index contributed by atoms with van der Waals surface area (Å²) in [5.41, 5.74) is 1.35. The lowest BCUT2D eigenvalue weighted by Crippen LogP contribution is -2.30. The van der Waals surface area contributed by atoms with Gasteiger partial charge in [0.05, 0.1) is 12.1 Å². The van der Waals surface area contributed by atoms with Gasteiger partial charge in [-0.1, -0.05) is 16.4 Å². The van der Waals surface area contributed by atoms with Crippen LogP contribution in [-0.2, 0) is 9.59 Å². The van der Waals surface area contributed by atoms with Crippen molar-refractivity contribution in [1.29, 1.82) is 0 Å². The molecule has 0 unspecified atom stereocenters. The molecule has 2 aromatic rings. The number of rotatable bonds is 6. The van der Waals surface area contributed by atoms with Crippen LogP contribution in [0.4, 0.5) is 5.69 Å². The van der Waals surface area contributed by atoms with Gasteiger partial charge >= 0.3 is 5.97 Å². The molecule has 2 rings (SSSR count). The number of nitrogens with zero attached hydrogens (tertiary/aromatic N) is 4. The molecule has 9 heteroatoms. The monoisotopic (exact) mass is 321 g/mol. The number of hydrogen-bond donors (Lipinski definition) is 2. The summed E-state index contributed by atoms with van der Waals surface area (Å²) < 4.78 is 1.78. The van der Waals surface area contributed by atoms with Crippen LogP contribution in [0, 0.1) is 4.77 Å². The Morgan fingerprint density at radius 2 is 2.18 bits per heavy atom.